The molecule has 3 aromatic rings. The third-order valence-electron chi connectivity index (χ3n) is 4.70. The highest BCUT2D eigenvalue weighted by Crippen LogP contribution is 2.21. The Labute approximate surface area is 157 Å². The normalized spacial score (nSPS) is 17.0. The minimum Gasteiger partial charge on any atom is -0.376 e. The Morgan fingerprint density at radius 3 is 2.73 bits per heavy atom. The van der Waals surface area contributed by atoms with Crippen LogP contribution in [0.5, 0.6) is 0 Å². The molecule has 1 aliphatic heterocycles. The van der Waals surface area contributed by atoms with Gasteiger partial charge in [0.1, 0.15) is 0 Å². The zero-order chi connectivity index (χ0) is 17.8. The van der Waals surface area contributed by atoms with Crippen LogP contribution in [0.15, 0.2) is 64.5 Å². The van der Waals surface area contributed by atoms with Gasteiger partial charge in [-0.15, -0.1) is 0 Å². The molecule has 0 aliphatic carbocycles. The molecule has 2 aromatic carbocycles. The molecule has 1 fully saturated rings. The molecule has 0 radical (unpaired) electrons. The van der Waals surface area contributed by atoms with Crippen LogP contribution in [0.1, 0.15) is 18.4 Å². The lowest BCUT2D eigenvalue weighted by molar-refractivity contribution is 0.0937. The van der Waals surface area contributed by atoms with Gasteiger partial charge < -0.3 is 4.74 Å². The number of nitrogens with zero attached hydrogens (tertiary/aromatic N) is 2. The summed E-state index contributed by atoms with van der Waals surface area (Å²) in [6.45, 7) is 1.38. The van der Waals surface area contributed by atoms with Crippen molar-refractivity contribution in [2.45, 2.75) is 37.1 Å². The molecule has 134 valence electrons. The van der Waals surface area contributed by atoms with Crippen molar-refractivity contribution in [1.29, 1.82) is 0 Å². The van der Waals surface area contributed by atoms with Crippen LogP contribution < -0.4 is 5.56 Å². The summed E-state index contributed by atoms with van der Waals surface area (Å²) in [7, 11) is 0. The van der Waals surface area contributed by atoms with Crippen LogP contribution in [0.3, 0.4) is 0 Å². The van der Waals surface area contributed by atoms with Crippen molar-refractivity contribution < 1.29 is 4.74 Å². The van der Waals surface area contributed by atoms with E-state index in [1.807, 2.05) is 34.9 Å². The van der Waals surface area contributed by atoms with E-state index in [1.54, 1.807) is 11.8 Å². The molecular formula is C21H22N2O2S. The van der Waals surface area contributed by atoms with E-state index in [-0.39, 0.29) is 11.7 Å². The number of fused-ring (bicyclic) bond motifs is 1. The van der Waals surface area contributed by atoms with Gasteiger partial charge in [-0.1, -0.05) is 54.2 Å². The lowest BCUT2D eigenvalue weighted by atomic mass is 10.2. The Balaban J connectivity index is 1.61. The van der Waals surface area contributed by atoms with Crippen molar-refractivity contribution in [3.63, 3.8) is 0 Å². The van der Waals surface area contributed by atoms with E-state index in [2.05, 4.69) is 24.3 Å². The first-order chi connectivity index (χ1) is 12.8. The minimum atomic E-state index is 0.0355. The molecule has 1 aromatic heterocycles. The average molecular weight is 366 g/mol. The summed E-state index contributed by atoms with van der Waals surface area (Å²) in [5.41, 5.74) is 2.10. The van der Waals surface area contributed by atoms with E-state index in [9.17, 15) is 4.79 Å². The molecule has 0 saturated carbocycles. The monoisotopic (exact) mass is 366 g/mol. The number of thioether (sulfide) groups is 1. The fourth-order valence-corrected chi connectivity index (χ4v) is 4.31. The Kier molecular flexibility index (Phi) is 5.37. The van der Waals surface area contributed by atoms with Gasteiger partial charge in [0, 0.05) is 12.4 Å². The quantitative estimate of drug-likeness (QED) is 0.490. The van der Waals surface area contributed by atoms with E-state index in [1.165, 1.54) is 5.56 Å². The number of para-hydroxylation sites is 1. The minimum absolute atomic E-state index is 0.0355. The van der Waals surface area contributed by atoms with Gasteiger partial charge in [-0.3, -0.25) is 9.36 Å². The molecule has 5 heteroatoms. The second kappa shape index (κ2) is 8.06. The Morgan fingerprint density at radius 2 is 1.92 bits per heavy atom. The van der Waals surface area contributed by atoms with Gasteiger partial charge in [0.25, 0.3) is 5.56 Å². The largest absolute Gasteiger partial charge is 0.376 e. The first-order valence-corrected chi connectivity index (χ1v) is 10.1. The van der Waals surface area contributed by atoms with E-state index in [0.717, 1.165) is 42.3 Å². The summed E-state index contributed by atoms with van der Waals surface area (Å²) in [4.78, 5) is 17.8. The lowest BCUT2D eigenvalue weighted by Crippen LogP contribution is -2.28. The average Bonchev–Trinajstić information content (AvgIpc) is 3.19. The third-order valence-corrected chi connectivity index (χ3v) is 5.68. The van der Waals surface area contributed by atoms with Gasteiger partial charge in [0.2, 0.25) is 0 Å². The maximum Gasteiger partial charge on any atom is 0.262 e. The first kappa shape index (κ1) is 17.3. The molecule has 0 N–H and O–H groups in total. The summed E-state index contributed by atoms with van der Waals surface area (Å²) in [6, 6.07) is 18.0. The highest BCUT2D eigenvalue weighted by Gasteiger charge is 2.20. The second-order valence-corrected chi connectivity index (χ2v) is 7.61. The van der Waals surface area contributed by atoms with Crippen LogP contribution >= 0.6 is 11.8 Å². The molecule has 1 aliphatic rings. The SMILES string of the molecule is O=c1c2ccccc2nc(SCCc2ccccc2)n1C[C@@H]1CCCO1. The maximum absolute atomic E-state index is 13.0. The molecule has 26 heavy (non-hydrogen) atoms. The molecule has 4 nitrogen and oxygen atoms in total. The van der Waals surface area contributed by atoms with Gasteiger partial charge in [-0.25, -0.2) is 4.98 Å². The highest BCUT2D eigenvalue weighted by atomic mass is 32.2. The van der Waals surface area contributed by atoms with E-state index >= 15 is 0 Å². The molecule has 0 unspecified atom stereocenters. The summed E-state index contributed by atoms with van der Waals surface area (Å²) in [6.07, 6.45) is 3.14. The Bertz CT molecular complexity index is 934. The van der Waals surface area contributed by atoms with Gasteiger partial charge in [0.15, 0.2) is 5.16 Å². The van der Waals surface area contributed by atoms with Crippen molar-refractivity contribution in [2.75, 3.05) is 12.4 Å². The van der Waals surface area contributed by atoms with Gasteiger partial charge in [0.05, 0.1) is 23.6 Å². The molecule has 0 bridgehead atoms. The van der Waals surface area contributed by atoms with Gasteiger partial charge >= 0.3 is 0 Å². The smallest absolute Gasteiger partial charge is 0.262 e. The number of rotatable bonds is 6. The summed E-state index contributed by atoms with van der Waals surface area (Å²) < 4.78 is 7.57. The van der Waals surface area contributed by atoms with E-state index in [4.69, 9.17) is 9.72 Å². The van der Waals surface area contributed by atoms with Crippen LogP contribution in [0.2, 0.25) is 0 Å². The molecule has 2 heterocycles. The molecule has 0 amide bonds. The maximum atomic E-state index is 13.0. The number of hydrogen-bond donors (Lipinski definition) is 0. The van der Waals surface area contributed by atoms with E-state index in [0.29, 0.717) is 11.9 Å². The molecule has 4 rings (SSSR count). The van der Waals surface area contributed by atoms with Gasteiger partial charge in [-0.2, -0.15) is 0 Å². The Hall–Kier alpha value is -2.11. The third kappa shape index (κ3) is 3.84. The first-order valence-electron chi connectivity index (χ1n) is 9.09. The van der Waals surface area contributed by atoms with Crippen LogP contribution in [0.25, 0.3) is 10.9 Å². The zero-order valence-corrected chi connectivity index (χ0v) is 15.5. The molecule has 1 atom stereocenters. The van der Waals surface area contributed by atoms with Crippen molar-refractivity contribution >= 4 is 22.7 Å². The predicted octanol–water partition coefficient (Wildman–Crippen LogP) is 3.91. The standard InChI is InChI=1S/C21H22N2O2S/c24-20-18-10-4-5-11-19(18)22-21(23(20)15-17-9-6-13-25-17)26-14-12-16-7-2-1-3-8-16/h1-5,7-8,10-11,17H,6,9,12-15H2/t17-/m0/s1. The number of aromatic nitrogens is 2. The molecule has 0 spiro atoms. The van der Waals surface area contributed by atoms with Crippen molar-refractivity contribution in [3.8, 4) is 0 Å². The van der Waals surface area contributed by atoms with Crippen LogP contribution in [-0.4, -0.2) is 28.0 Å². The number of aryl methyl sites for hydroxylation is 1. The predicted molar refractivity (Wildman–Crippen MR) is 106 cm³/mol. The summed E-state index contributed by atoms with van der Waals surface area (Å²) in [5, 5.41) is 1.47. The van der Waals surface area contributed by atoms with E-state index < -0.39 is 0 Å². The molecular weight excluding hydrogens is 344 g/mol. The Morgan fingerprint density at radius 1 is 1.12 bits per heavy atom. The fraction of sp³-hybridized carbons (Fsp3) is 0.333. The van der Waals surface area contributed by atoms with Crippen LogP contribution in [-0.2, 0) is 17.7 Å². The molecule has 1 saturated heterocycles. The highest BCUT2D eigenvalue weighted by molar-refractivity contribution is 7.99. The summed E-state index contributed by atoms with van der Waals surface area (Å²) in [5.74, 6) is 0.889. The van der Waals surface area contributed by atoms with Gasteiger partial charge in [-0.05, 0) is 37.0 Å². The van der Waals surface area contributed by atoms with Crippen molar-refractivity contribution in [1.82, 2.24) is 9.55 Å². The van der Waals surface area contributed by atoms with Crippen molar-refractivity contribution in [3.05, 3.63) is 70.5 Å². The topological polar surface area (TPSA) is 44.1 Å². The van der Waals surface area contributed by atoms with Crippen LogP contribution in [0.4, 0.5) is 0 Å². The summed E-state index contributed by atoms with van der Waals surface area (Å²) >= 11 is 1.65. The zero-order valence-electron chi connectivity index (χ0n) is 14.6. The lowest BCUT2D eigenvalue weighted by Gasteiger charge is -2.16. The number of hydrogen-bond acceptors (Lipinski definition) is 4. The fourth-order valence-electron chi connectivity index (χ4n) is 3.32. The second-order valence-electron chi connectivity index (χ2n) is 6.55. The number of benzene rings is 2. The number of ether oxygens (including phenoxy) is 1. The van der Waals surface area contributed by atoms with Crippen LogP contribution in [0, 0.1) is 0 Å². The van der Waals surface area contributed by atoms with Crippen molar-refractivity contribution in [2.24, 2.45) is 0 Å².